The predicted octanol–water partition coefficient (Wildman–Crippen LogP) is 1.44. The van der Waals surface area contributed by atoms with Crippen molar-refractivity contribution in [3.05, 3.63) is 29.8 Å². The minimum Gasteiger partial charge on any atom is -0.350 e. The molecule has 1 amide bonds. The standard InChI is InChI=1S/C16H27N3O3S/c1-6-17-13(4)11-18-16(20)14-7-9-15(10-8-14)23(21,22)19(5)12(2)3/h7-10,12-13,17H,6,11H2,1-5H3,(H,18,20)/t13-/m1/s1. The van der Waals surface area contributed by atoms with E-state index in [0.717, 1.165) is 6.54 Å². The van der Waals surface area contributed by atoms with Gasteiger partial charge in [0.2, 0.25) is 10.0 Å². The lowest BCUT2D eigenvalue weighted by atomic mass is 10.2. The molecule has 0 aliphatic rings. The van der Waals surface area contributed by atoms with E-state index in [1.807, 2.05) is 27.7 Å². The highest BCUT2D eigenvalue weighted by atomic mass is 32.2. The smallest absolute Gasteiger partial charge is 0.251 e. The van der Waals surface area contributed by atoms with Crippen LogP contribution in [0.15, 0.2) is 29.2 Å². The molecular formula is C16H27N3O3S. The third-order valence-corrected chi connectivity index (χ3v) is 5.69. The van der Waals surface area contributed by atoms with Crippen LogP contribution in [0.25, 0.3) is 0 Å². The number of nitrogens with zero attached hydrogens (tertiary/aromatic N) is 1. The summed E-state index contributed by atoms with van der Waals surface area (Å²) in [4.78, 5) is 12.2. The van der Waals surface area contributed by atoms with E-state index in [0.29, 0.717) is 12.1 Å². The molecule has 23 heavy (non-hydrogen) atoms. The first-order valence-corrected chi connectivity index (χ1v) is 9.23. The van der Waals surface area contributed by atoms with Crippen molar-refractivity contribution in [3.63, 3.8) is 0 Å². The molecule has 0 bridgehead atoms. The van der Waals surface area contributed by atoms with Crippen LogP contribution in [-0.2, 0) is 10.0 Å². The average molecular weight is 341 g/mol. The quantitative estimate of drug-likeness (QED) is 0.750. The van der Waals surface area contributed by atoms with Crippen molar-refractivity contribution >= 4 is 15.9 Å². The minimum absolute atomic E-state index is 0.129. The number of hydrogen-bond donors (Lipinski definition) is 2. The zero-order valence-electron chi connectivity index (χ0n) is 14.5. The van der Waals surface area contributed by atoms with Crippen LogP contribution < -0.4 is 10.6 Å². The second-order valence-electron chi connectivity index (χ2n) is 5.81. The van der Waals surface area contributed by atoms with Crippen molar-refractivity contribution in [2.24, 2.45) is 0 Å². The molecule has 0 heterocycles. The molecule has 0 fully saturated rings. The summed E-state index contributed by atoms with van der Waals surface area (Å²) in [6.07, 6.45) is 0. The molecule has 0 radical (unpaired) electrons. The molecule has 0 aliphatic heterocycles. The Balaban J connectivity index is 2.79. The maximum atomic E-state index is 12.4. The number of hydrogen-bond acceptors (Lipinski definition) is 4. The van der Waals surface area contributed by atoms with Gasteiger partial charge in [-0.1, -0.05) is 6.92 Å². The Kier molecular flexibility index (Phi) is 7.18. The molecule has 0 unspecified atom stereocenters. The Morgan fingerprint density at radius 3 is 2.22 bits per heavy atom. The van der Waals surface area contributed by atoms with Gasteiger partial charge in [-0.25, -0.2) is 8.42 Å². The number of benzene rings is 1. The Bertz CT molecular complexity index is 612. The van der Waals surface area contributed by atoms with Gasteiger partial charge in [-0.05, 0) is 51.6 Å². The van der Waals surface area contributed by atoms with Crippen LogP contribution >= 0.6 is 0 Å². The molecule has 0 saturated carbocycles. The van der Waals surface area contributed by atoms with Gasteiger partial charge in [-0.15, -0.1) is 0 Å². The van der Waals surface area contributed by atoms with Gasteiger partial charge in [-0.2, -0.15) is 4.31 Å². The van der Waals surface area contributed by atoms with Crippen LogP contribution in [0.2, 0.25) is 0 Å². The molecule has 0 aromatic heterocycles. The highest BCUT2D eigenvalue weighted by Gasteiger charge is 2.23. The number of amides is 1. The zero-order chi connectivity index (χ0) is 17.6. The highest BCUT2D eigenvalue weighted by Crippen LogP contribution is 2.17. The zero-order valence-corrected chi connectivity index (χ0v) is 15.3. The van der Waals surface area contributed by atoms with Crippen LogP contribution in [0, 0.1) is 0 Å². The van der Waals surface area contributed by atoms with Gasteiger partial charge < -0.3 is 10.6 Å². The second-order valence-corrected chi connectivity index (χ2v) is 7.81. The fourth-order valence-corrected chi connectivity index (χ4v) is 3.36. The molecule has 0 saturated heterocycles. The summed E-state index contributed by atoms with van der Waals surface area (Å²) in [6, 6.07) is 6.06. The first kappa shape index (κ1) is 19.6. The van der Waals surface area contributed by atoms with Crippen LogP contribution in [0.5, 0.6) is 0 Å². The third kappa shape index (κ3) is 5.30. The molecule has 130 valence electrons. The molecule has 0 aliphatic carbocycles. The van der Waals surface area contributed by atoms with E-state index >= 15 is 0 Å². The lowest BCUT2D eigenvalue weighted by molar-refractivity contribution is 0.0950. The van der Waals surface area contributed by atoms with Crippen LogP contribution in [0.1, 0.15) is 38.1 Å². The van der Waals surface area contributed by atoms with Crippen molar-refractivity contribution < 1.29 is 13.2 Å². The minimum atomic E-state index is -3.52. The maximum Gasteiger partial charge on any atom is 0.251 e. The Morgan fingerprint density at radius 2 is 1.74 bits per heavy atom. The van der Waals surface area contributed by atoms with Crippen molar-refractivity contribution in [2.75, 3.05) is 20.1 Å². The number of rotatable bonds is 8. The van der Waals surface area contributed by atoms with Gasteiger partial charge in [0.05, 0.1) is 4.90 Å². The van der Waals surface area contributed by atoms with E-state index in [2.05, 4.69) is 10.6 Å². The molecule has 0 spiro atoms. The largest absolute Gasteiger partial charge is 0.350 e. The number of carbonyl (C=O) groups excluding carboxylic acids is 1. The molecule has 1 aromatic carbocycles. The van der Waals surface area contributed by atoms with Gasteiger partial charge in [-0.3, -0.25) is 4.79 Å². The molecule has 7 heteroatoms. The van der Waals surface area contributed by atoms with Crippen LogP contribution in [0.3, 0.4) is 0 Å². The second kappa shape index (κ2) is 8.42. The van der Waals surface area contributed by atoms with E-state index in [1.165, 1.54) is 28.6 Å². The normalized spacial score (nSPS) is 13.3. The first-order chi connectivity index (χ1) is 10.7. The van der Waals surface area contributed by atoms with Crippen LogP contribution in [-0.4, -0.2) is 50.9 Å². The summed E-state index contributed by atoms with van der Waals surface area (Å²) in [6.45, 7) is 8.97. The van der Waals surface area contributed by atoms with Crippen molar-refractivity contribution in [1.29, 1.82) is 0 Å². The fourth-order valence-electron chi connectivity index (χ4n) is 1.99. The average Bonchev–Trinajstić information content (AvgIpc) is 2.52. The summed E-state index contributed by atoms with van der Waals surface area (Å²) in [5, 5.41) is 6.03. The molecule has 6 nitrogen and oxygen atoms in total. The number of carbonyl (C=O) groups is 1. The number of likely N-dealkylation sites (N-methyl/N-ethyl adjacent to an activating group) is 1. The topological polar surface area (TPSA) is 78.5 Å². The summed E-state index contributed by atoms with van der Waals surface area (Å²) in [5.41, 5.74) is 0.444. The summed E-state index contributed by atoms with van der Waals surface area (Å²) < 4.78 is 26.0. The molecule has 1 rings (SSSR count). The van der Waals surface area contributed by atoms with Gasteiger partial charge in [0.25, 0.3) is 5.91 Å². The number of nitrogens with one attached hydrogen (secondary N) is 2. The van der Waals surface area contributed by atoms with Crippen molar-refractivity contribution in [2.45, 2.75) is 44.7 Å². The van der Waals surface area contributed by atoms with E-state index in [4.69, 9.17) is 0 Å². The first-order valence-electron chi connectivity index (χ1n) is 7.79. The lowest BCUT2D eigenvalue weighted by Gasteiger charge is -2.21. The van der Waals surface area contributed by atoms with Crippen molar-refractivity contribution in [1.82, 2.24) is 14.9 Å². The van der Waals surface area contributed by atoms with Gasteiger partial charge in [0.15, 0.2) is 0 Å². The van der Waals surface area contributed by atoms with Gasteiger partial charge in [0, 0.05) is 31.2 Å². The lowest BCUT2D eigenvalue weighted by Crippen LogP contribution is -2.38. The van der Waals surface area contributed by atoms with E-state index in [-0.39, 0.29) is 22.9 Å². The predicted molar refractivity (Wildman–Crippen MR) is 92.0 cm³/mol. The Labute approximate surface area is 139 Å². The van der Waals surface area contributed by atoms with E-state index in [9.17, 15) is 13.2 Å². The van der Waals surface area contributed by atoms with E-state index < -0.39 is 10.0 Å². The summed E-state index contributed by atoms with van der Waals surface area (Å²) >= 11 is 0. The monoisotopic (exact) mass is 341 g/mol. The van der Waals surface area contributed by atoms with Gasteiger partial charge >= 0.3 is 0 Å². The van der Waals surface area contributed by atoms with E-state index in [1.54, 1.807) is 7.05 Å². The van der Waals surface area contributed by atoms with Crippen molar-refractivity contribution in [3.8, 4) is 0 Å². The maximum absolute atomic E-state index is 12.4. The molecule has 1 atom stereocenters. The molecular weight excluding hydrogens is 314 g/mol. The third-order valence-electron chi connectivity index (χ3n) is 3.64. The molecule has 1 aromatic rings. The molecule has 2 N–H and O–H groups in total. The Morgan fingerprint density at radius 1 is 1.17 bits per heavy atom. The SMILES string of the molecule is CCN[C@H](C)CNC(=O)c1ccc(S(=O)(=O)N(C)C(C)C)cc1. The fraction of sp³-hybridized carbons (Fsp3) is 0.562. The van der Waals surface area contributed by atoms with Crippen LogP contribution in [0.4, 0.5) is 0 Å². The number of sulfonamides is 1. The van der Waals surface area contributed by atoms with Gasteiger partial charge in [0.1, 0.15) is 0 Å². The summed E-state index contributed by atoms with van der Waals surface area (Å²) in [7, 11) is -1.98. The summed E-state index contributed by atoms with van der Waals surface area (Å²) in [5.74, 6) is -0.212. The Hall–Kier alpha value is -1.44. The highest BCUT2D eigenvalue weighted by molar-refractivity contribution is 7.89.